The first-order valence-electron chi connectivity index (χ1n) is 9.71. The molecule has 2 aliphatic carbocycles. The number of aliphatic hydroxyl groups excluding tert-OH is 2. The van der Waals surface area contributed by atoms with E-state index >= 15 is 0 Å². The van der Waals surface area contributed by atoms with Gasteiger partial charge >= 0.3 is 5.97 Å². The van der Waals surface area contributed by atoms with E-state index in [0.717, 1.165) is 25.7 Å². The highest BCUT2D eigenvalue weighted by Crippen LogP contribution is 2.70. The summed E-state index contributed by atoms with van der Waals surface area (Å²) in [5.74, 6) is -0.0903. The molecule has 4 aliphatic rings. The van der Waals surface area contributed by atoms with Gasteiger partial charge in [-0.05, 0) is 43.6 Å². The van der Waals surface area contributed by atoms with Crippen LogP contribution in [-0.4, -0.2) is 35.2 Å². The monoisotopic (exact) mass is 362 g/mol. The lowest BCUT2D eigenvalue weighted by molar-refractivity contribution is -0.238. The molecule has 1 aromatic heterocycles. The van der Waals surface area contributed by atoms with E-state index in [0.29, 0.717) is 18.6 Å². The standard InChI is InChI=1S/C20H26O6/c1-11-7-16-20-10-25-18(23)19(11,8-14(21)12-5-6-24-9-12)15(20)4-2-3-13(20)17(22)26-16/h5-6,9,11,13-17,21-22H,2-4,7-8,10H2,1H3. The number of esters is 1. The topological polar surface area (TPSA) is 89.1 Å². The molecule has 2 aliphatic heterocycles. The molecule has 3 heterocycles. The summed E-state index contributed by atoms with van der Waals surface area (Å²) in [6, 6.07) is 1.74. The highest BCUT2D eigenvalue weighted by Gasteiger charge is 2.74. The minimum Gasteiger partial charge on any atom is -0.472 e. The third kappa shape index (κ3) is 1.90. The molecule has 5 rings (SSSR count). The Bertz CT molecular complexity index is 701. The normalized spacial score (nSPS) is 48.0. The second-order valence-electron chi connectivity index (χ2n) is 8.75. The zero-order chi connectivity index (χ0) is 18.1. The summed E-state index contributed by atoms with van der Waals surface area (Å²) < 4.78 is 16.8. The molecular weight excluding hydrogens is 336 g/mol. The number of aliphatic hydroxyl groups is 2. The van der Waals surface area contributed by atoms with Crippen LogP contribution >= 0.6 is 0 Å². The van der Waals surface area contributed by atoms with Crippen molar-refractivity contribution in [3.8, 4) is 0 Å². The maximum Gasteiger partial charge on any atom is 0.312 e. The van der Waals surface area contributed by atoms with Crippen LogP contribution in [0, 0.1) is 28.6 Å². The summed E-state index contributed by atoms with van der Waals surface area (Å²) in [5.41, 5.74) is -0.359. The molecule has 6 heteroatoms. The Labute approximate surface area is 152 Å². The van der Waals surface area contributed by atoms with Crippen LogP contribution in [0.5, 0.6) is 0 Å². The molecule has 2 saturated carbocycles. The Morgan fingerprint density at radius 3 is 3.00 bits per heavy atom. The van der Waals surface area contributed by atoms with E-state index < -0.39 is 17.8 Å². The predicted octanol–water partition coefficient (Wildman–Crippen LogP) is 2.41. The van der Waals surface area contributed by atoms with Gasteiger partial charge in [0, 0.05) is 16.9 Å². The van der Waals surface area contributed by atoms with Crippen molar-refractivity contribution in [3.63, 3.8) is 0 Å². The molecule has 2 bridgehead atoms. The van der Waals surface area contributed by atoms with Gasteiger partial charge < -0.3 is 24.1 Å². The van der Waals surface area contributed by atoms with Crippen LogP contribution in [-0.2, 0) is 14.3 Å². The van der Waals surface area contributed by atoms with E-state index in [1.165, 1.54) is 12.5 Å². The van der Waals surface area contributed by atoms with Crippen LogP contribution in [0.15, 0.2) is 23.0 Å². The van der Waals surface area contributed by atoms with Crippen LogP contribution < -0.4 is 0 Å². The van der Waals surface area contributed by atoms with Crippen LogP contribution in [0.2, 0.25) is 0 Å². The molecule has 4 fully saturated rings. The maximum atomic E-state index is 13.1. The molecule has 0 aromatic carbocycles. The van der Waals surface area contributed by atoms with Crippen LogP contribution in [0.1, 0.15) is 50.7 Å². The number of rotatable bonds is 3. The number of cyclic esters (lactones) is 1. The third-order valence-corrected chi connectivity index (χ3v) is 7.96. The molecule has 1 spiro atoms. The lowest BCUT2D eigenvalue weighted by Gasteiger charge is -2.63. The van der Waals surface area contributed by atoms with Gasteiger partial charge in [-0.2, -0.15) is 0 Å². The quantitative estimate of drug-likeness (QED) is 0.803. The summed E-state index contributed by atoms with van der Waals surface area (Å²) in [6.45, 7) is 2.40. The van der Waals surface area contributed by atoms with E-state index in [1.807, 2.05) is 0 Å². The number of carbonyl (C=O) groups excluding carboxylic acids is 1. The van der Waals surface area contributed by atoms with Crippen molar-refractivity contribution in [2.75, 3.05) is 6.61 Å². The average Bonchev–Trinajstić information content (AvgIpc) is 3.24. The lowest BCUT2D eigenvalue weighted by atomic mass is 9.42. The Kier molecular flexibility index (Phi) is 3.59. The first-order valence-corrected chi connectivity index (χ1v) is 9.71. The van der Waals surface area contributed by atoms with E-state index in [-0.39, 0.29) is 35.2 Å². The van der Waals surface area contributed by atoms with E-state index in [2.05, 4.69) is 6.92 Å². The Balaban J connectivity index is 1.59. The zero-order valence-corrected chi connectivity index (χ0v) is 15.0. The van der Waals surface area contributed by atoms with Crippen LogP contribution in [0.25, 0.3) is 0 Å². The molecular formula is C20H26O6. The van der Waals surface area contributed by atoms with Gasteiger partial charge in [0.1, 0.15) is 6.61 Å². The predicted molar refractivity (Wildman–Crippen MR) is 89.6 cm³/mol. The zero-order valence-electron chi connectivity index (χ0n) is 15.0. The van der Waals surface area contributed by atoms with Gasteiger partial charge in [-0.15, -0.1) is 0 Å². The van der Waals surface area contributed by atoms with Gasteiger partial charge in [-0.3, -0.25) is 4.79 Å². The Hall–Kier alpha value is -1.37. The number of ether oxygens (including phenoxy) is 2. The molecule has 0 amide bonds. The average molecular weight is 362 g/mol. The Morgan fingerprint density at radius 2 is 2.23 bits per heavy atom. The molecule has 8 unspecified atom stereocenters. The fraction of sp³-hybridized carbons (Fsp3) is 0.750. The minimum absolute atomic E-state index is 0.0114. The molecule has 0 radical (unpaired) electrons. The minimum atomic E-state index is -0.776. The van der Waals surface area contributed by atoms with Crippen molar-refractivity contribution < 1.29 is 28.9 Å². The van der Waals surface area contributed by atoms with Crippen molar-refractivity contribution in [2.24, 2.45) is 28.6 Å². The number of carbonyl (C=O) groups is 1. The molecule has 1 aromatic rings. The second-order valence-corrected chi connectivity index (χ2v) is 8.75. The molecule has 142 valence electrons. The smallest absolute Gasteiger partial charge is 0.312 e. The Morgan fingerprint density at radius 1 is 1.38 bits per heavy atom. The van der Waals surface area contributed by atoms with Crippen molar-refractivity contribution in [2.45, 2.75) is 57.5 Å². The first-order chi connectivity index (χ1) is 12.5. The van der Waals surface area contributed by atoms with E-state index in [1.54, 1.807) is 6.07 Å². The van der Waals surface area contributed by atoms with E-state index in [9.17, 15) is 15.0 Å². The van der Waals surface area contributed by atoms with E-state index in [4.69, 9.17) is 13.9 Å². The molecule has 6 nitrogen and oxygen atoms in total. The molecule has 26 heavy (non-hydrogen) atoms. The fourth-order valence-electron chi connectivity index (χ4n) is 6.78. The second kappa shape index (κ2) is 5.57. The van der Waals surface area contributed by atoms with Crippen molar-refractivity contribution >= 4 is 5.97 Å². The highest BCUT2D eigenvalue weighted by atomic mass is 16.6. The largest absolute Gasteiger partial charge is 0.472 e. The molecule has 2 N–H and O–H groups in total. The third-order valence-electron chi connectivity index (χ3n) is 7.96. The summed E-state index contributed by atoms with van der Waals surface area (Å²) in [6.07, 6.45) is 5.28. The summed E-state index contributed by atoms with van der Waals surface area (Å²) >= 11 is 0. The van der Waals surface area contributed by atoms with Gasteiger partial charge in [-0.1, -0.05) is 13.3 Å². The highest BCUT2D eigenvalue weighted by molar-refractivity contribution is 5.79. The number of furan rings is 1. The fourth-order valence-corrected chi connectivity index (χ4v) is 6.78. The first kappa shape index (κ1) is 16.8. The van der Waals surface area contributed by atoms with Gasteiger partial charge in [-0.25, -0.2) is 0 Å². The summed E-state index contributed by atoms with van der Waals surface area (Å²) in [5, 5.41) is 21.4. The number of hydrogen-bond acceptors (Lipinski definition) is 6. The van der Waals surface area contributed by atoms with Gasteiger partial charge in [0.05, 0.1) is 30.1 Å². The van der Waals surface area contributed by atoms with Crippen molar-refractivity contribution in [1.82, 2.24) is 0 Å². The van der Waals surface area contributed by atoms with Gasteiger partial charge in [0.25, 0.3) is 0 Å². The summed E-state index contributed by atoms with van der Waals surface area (Å²) in [4.78, 5) is 13.1. The van der Waals surface area contributed by atoms with Crippen molar-refractivity contribution in [1.29, 1.82) is 0 Å². The van der Waals surface area contributed by atoms with Gasteiger partial charge in [0.15, 0.2) is 6.29 Å². The maximum absolute atomic E-state index is 13.1. The summed E-state index contributed by atoms with van der Waals surface area (Å²) in [7, 11) is 0. The molecule has 8 atom stereocenters. The van der Waals surface area contributed by atoms with Crippen LogP contribution in [0.3, 0.4) is 0 Å². The number of hydrogen-bond donors (Lipinski definition) is 2. The van der Waals surface area contributed by atoms with Crippen molar-refractivity contribution in [3.05, 3.63) is 24.2 Å². The van der Waals surface area contributed by atoms with Gasteiger partial charge in [0.2, 0.25) is 0 Å². The lowest BCUT2D eigenvalue weighted by Crippen LogP contribution is -2.67. The SMILES string of the molecule is CC1CC2OC(O)C3CCCC4C1(CC(O)c1ccoc1)C(=O)OCC234. The van der Waals surface area contributed by atoms with Crippen LogP contribution in [0.4, 0.5) is 0 Å². The molecule has 2 saturated heterocycles.